The normalized spacial score (nSPS) is 26.5. The Morgan fingerprint density at radius 2 is 1.85 bits per heavy atom. The van der Waals surface area contributed by atoms with Crippen LogP contribution >= 0.6 is 23.5 Å². The van der Waals surface area contributed by atoms with Crippen molar-refractivity contribution < 1.29 is 14.0 Å². The highest BCUT2D eigenvalue weighted by atomic mass is 32.2. The summed E-state index contributed by atoms with van der Waals surface area (Å²) in [7, 11) is -0.198. The van der Waals surface area contributed by atoms with E-state index in [4.69, 9.17) is 4.43 Å². The van der Waals surface area contributed by atoms with Gasteiger partial charge in [0.2, 0.25) is 5.91 Å². The van der Waals surface area contributed by atoms with Gasteiger partial charge in [0, 0.05) is 13.6 Å². The summed E-state index contributed by atoms with van der Waals surface area (Å²) in [6, 6.07) is 0. The van der Waals surface area contributed by atoms with Crippen LogP contribution < -0.4 is 0 Å². The lowest BCUT2D eigenvalue weighted by Gasteiger charge is -2.20. The standard InChI is InChI=1S/C16H26N4O3S2Si/c1-10(2)9-20-13(22)16(3,4)25-15(20)18-17-14-19(5)11(21)12(24-14)23-26(6,7)8/h12H,1,9H2,2-8H3/b17-14+,18-15+. The molecular formula is C16H26N4O3S2Si. The van der Waals surface area contributed by atoms with E-state index in [9.17, 15) is 9.59 Å². The highest BCUT2D eigenvalue weighted by Gasteiger charge is 2.45. The molecule has 0 aromatic carbocycles. The fourth-order valence-corrected chi connectivity index (χ4v) is 5.85. The molecule has 2 saturated heterocycles. The van der Waals surface area contributed by atoms with Gasteiger partial charge in [-0.3, -0.25) is 19.4 Å². The van der Waals surface area contributed by atoms with E-state index in [2.05, 4.69) is 16.8 Å². The first-order valence-corrected chi connectivity index (χ1v) is 13.4. The zero-order valence-corrected chi connectivity index (χ0v) is 19.0. The number of hydrogen-bond acceptors (Lipinski definition) is 7. The first-order chi connectivity index (χ1) is 11.8. The van der Waals surface area contributed by atoms with Gasteiger partial charge in [-0.15, -0.1) is 10.2 Å². The lowest BCUT2D eigenvalue weighted by molar-refractivity contribution is -0.129. The third-order valence-corrected chi connectivity index (χ3v) is 6.84. The van der Waals surface area contributed by atoms with Gasteiger partial charge in [-0.1, -0.05) is 23.9 Å². The molecule has 1 unspecified atom stereocenters. The first-order valence-electron chi connectivity index (χ1n) is 8.25. The number of nitrogens with zero attached hydrogens (tertiary/aromatic N) is 4. The molecule has 0 aromatic rings. The maximum atomic E-state index is 12.5. The van der Waals surface area contributed by atoms with Crippen LogP contribution in [0.2, 0.25) is 19.6 Å². The van der Waals surface area contributed by atoms with Crippen LogP contribution in [0.25, 0.3) is 0 Å². The Hall–Kier alpha value is -1.10. The number of hydrogen-bond donors (Lipinski definition) is 0. The van der Waals surface area contributed by atoms with Gasteiger partial charge in [-0.2, -0.15) is 0 Å². The summed E-state index contributed by atoms with van der Waals surface area (Å²) in [5.41, 5.74) is 0.287. The summed E-state index contributed by atoms with van der Waals surface area (Å²) >= 11 is 2.62. The molecule has 2 heterocycles. The molecule has 0 saturated carbocycles. The molecule has 2 amide bonds. The smallest absolute Gasteiger partial charge is 0.267 e. The van der Waals surface area contributed by atoms with Crippen LogP contribution in [0.1, 0.15) is 20.8 Å². The van der Waals surface area contributed by atoms with Gasteiger partial charge in [0.15, 0.2) is 24.1 Å². The van der Waals surface area contributed by atoms with Gasteiger partial charge in [0.1, 0.15) is 0 Å². The molecular weight excluding hydrogens is 388 g/mol. The molecule has 2 fully saturated rings. The molecule has 0 bridgehead atoms. The van der Waals surface area contributed by atoms with Crippen LogP contribution in [-0.2, 0) is 14.0 Å². The van der Waals surface area contributed by atoms with E-state index in [0.29, 0.717) is 16.9 Å². The van der Waals surface area contributed by atoms with Gasteiger partial charge in [0.25, 0.3) is 5.91 Å². The van der Waals surface area contributed by atoms with Gasteiger partial charge in [-0.25, -0.2) is 0 Å². The minimum Gasteiger partial charge on any atom is -0.398 e. The summed E-state index contributed by atoms with van der Waals surface area (Å²) in [6.45, 7) is 16.0. The van der Waals surface area contributed by atoms with E-state index < -0.39 is 18.5 Å². The van der Waals surface area contributed by atoms with E-state index in [1.807, 2.05) is 40.4 Å². The number of rotatable bonds is 5. The lowest BCUT2D eigenvalue weighted by Crippen LogP contribution is -2.37. The van der Waals surface area contributed by atoms with Crippen LogP contribution in [-0.4, -0.2) is 64.0 Å². The van der Waals surface area contributed by atoms with Crippen molar-refractivity contribution in [3.63, 3.8) is 0 Å². The number of thioether (sulfide) groups is 2. The minimum absolute atomic E-state index is 0.0205. The van der Waals surface area contributed by atoms with Crippen molar-refractivity contribution in [2.75, 3.05) is 13.6 Å². The summed E-state index contributed by atoms with van der Waals surface area (Å²) in [5, 5.41) is 9.50. The Morgan fingerprint density at radius 1 is 1.27 bits per heavy atom. The van der Waals surface area contributed by atoms with Crippen molar-refractivity contribution in [1.82, 2.24) is 9.80 Å². The summed E-state index contributed by atoms with van der Waals surface area (Å²) in [6.07, 6.45) is 0. The summed E-state index contributed by atoms with van der Waals surface area (Å²) in [5.74, 6) is -0.154. The number of carbonyl (C=O) groups excluding carboxylic acids is 2. The molecule has 10 heteroatoms. The molecule has 1 atom stereocenters. The SMILES string of the molecule is C=C(C)CN1C(=O)C(C)(C)S/C1=N/N=C1/SC(O[Si](C)(C)C)C(=O)N1C. The van der Waals surface area contributed by atoms with E-state index >= 15 is 0 Å². The maximum absolute atomic E-state index is 12.5. The van der Waals surface area contributed by atoms with Crippen molar-refractivity contribution >= 4 is 54.0 Å². The predicted molar refractivity (Wildman–Crippen MR) is 112 cm³/mol. The van der Waals surface area contributed by atoms with E-state index in [0.717, 1.165) is 5.57 Å². The molecule has 2 aliphatic heterocycles. The molecule has 0 radical (unpaired) electrons. The zero-order valence-electron chi connectivity index (χ0n) is 16.3. The topological polar surface area (TPSA) is 74.6 Å². The van der Waals surface area contributed by atoms with Crippen LogP contribution in [0.15, 0.2) is 22.4 Å². The van der Waals surface area contributed by atoms with Crippen LogP contribution in [0.4, 0.5) is 0 Å². The number of amidine groups is 2. The fourth-order valence-electron chi connectivity index (χ4n) is 2.27. The molecule has 0 aromatic heterocycles. The second kappa shape index (κ2) is 7.49. The molecule has 7 nitrogen and oxygen atoms in total. The molecule has 0 spiro atoms. The molecule has 2 rings (SSSR count). The van der Waals surface area contributed by atoms with Crippen LogP contribution in [0.5, 0.6) is 0 Å². The average Bonchev–Trinajstić information content (AvgIpc) is 2.85. The number of likely N-dealkylation sites (N-methyl/N-ethyl adjacent to an activating group) is 1. The van der Waals surface area contributed by atoms with Gasteiger partial charge in [0.05, 0.1) is 4.75 Å². The largest absolute Gasteiger partial charge is 0.398 e. The second-order valence-electron chi connectivity index (χ2n) is 7.80. The quantitative estimate of drug-likeness (QED) is 0.393. The van der Waals surface area contributed by atoms with Crippen molar-refractivity contribution in [3.8, 4) is 0 Å². The van der Waals surface area contributed by atoms with E-state index in [1.165, 1.54) is 28.4 Å². The molecule has 26 heavy (non-hydrogen) atoms. The number of amides is 2. The van der Waals surface area contributed by atoms with Crippen molar-refractivity contribution in [2.45, 2.75) is 50.6 Å². The number of carbonyl (C=O) groups is 2. The Kier molecular flexibility index (Phi) is 6.11. The minimum atomic E-state index is -1.86. The average molecular weight is 415 g/mol. The van der Waals surface area contributed by atoms with Gasteiger partial charge < -0.3 is 4.43 Å². The van der Waals surface area contributed by atoms with Gasteiger partial charge in [-0.05, 0) is 52.2 Å². The van der Waals surface area contributed by atoms with Crippen molar-refractivity contribution in [2.24, 2.45) is 10.2 Å². The molecule has 144 valence electrons. The zero-order chi connectivity index (χ0) is 19.9. The van der Waals surface area contributed by atoms with Crippen molar-refractivity contribution in [3.05, 3.63) is 12.2 Å². The monoisotopic (exact) mass is 414 g/mol. The predicted octanol–water partition coefficient (Wildman–Crippen LogP) is 2.93. The first kappa shape index (κ1) is 21.2. The Bertz CT molecular complexity index is 700. The van der Waals surface area contributed by atoms with Crippen LogP contribution in [0, 0.1) is 0 Å². The highest BCUT2D eigenvalue weighted by Crippen LogP contribution is 2.37. The van der Waals surface area contributed by atoms with E-state index in [-0.39, 0.29) is 11.8 Å². The molecule has 0 aliphatic carbocycles. The van der Waals surface area contributed by atoms with Crippen molar-refractivity contribution in [1.29, 1.82) is 0 Å². The third kappa shape index (κ3) is 4.79. The highest BCUT2D eigenvalue weighted by molar-refractivity contribution is 8.16. The Morgan fingerprint density at radius 3 is 2.38 bits per heavy atom. The Labute approximate surface area is 164 Å². The van der Waals surface area contributed by atoms with Crippen LogP contribution in [0.3, 0.4) is 0 Å². The lowest BCUT2D eigenvalue weighted by atomic mass is 10.2. The molecule has 0 N–H and O–H groups in total. The van der Waals surface area contributed by atoms with E-state index in [1.54, 1.807) is 11.9 Å². The second-order valence-corrected chi connectivity index (χ2v) is 14.9. The molecule has 2 aliphatic rings. The maximum Gasteiger partial charge on any atom is 0.267 e. The Balaban J connectivity index is 2.24. The summed E-state index contributed by atoms with van der Waals surface area (Å²) < 4.78 is 5.31. The third-order valence-electron chi connectivity index (χ3n) is 3.48. The fraction of sp³-hybridized carbons (Fsp3) is 0.625. The summed E-state index contributed by atoms with van der Waals surface area (Å²) in [4.78, 5) is 27.9. The van der Waals surface area contributed by atoms with Gasteiger partial charge >= 0.3 is 0 Å².